The lowest BCUT2D eigenvalue weighted by atomic mass is 10.2. The number of carbonyl (C=O) groups is 1. The third-order valence-corrected chi connectivity index (χ3v) is 2.01. The van der Waals surface area contributed by atoms with Gasteiger partial charge in [-0.3, -0.25) is 0 Å². The molecule has 1 rings (SSSR count). The van der Waals surface area contributed by atoms with Crippen molar-refractivity contribution in [2.24, 2.45) is 0 Å². The molecular weight excluding hydrogens is 200 g/mol. The van der Waals surface area contributed by atoms with Crippen LogP contribution in [-0.4, -0.2) is 12.6 Å². The highest BCUT2D eigenvalue weighted by atomic mass is 16.2. The molecule has 0 aliphatic heterocycles. The quantitative estimate of drug-likeness (QED) is 0.585. The van der Waals surface area contributed by atoms with Gasteiger partial charge in [0.25, 0.3) is 0 Å². The summed E-state index contributed by atoms with van der Waals surface area (Å²) >= 11 is 0. The maximum absolute atomic E-state index is 11.3. The largest absolute Gasteiger partial charge is 0.337 e. The maximum atomic E-state index is 11.3. The van der Waals surface area contributed by atoms with Gasteiger partial charge < -0.3 is 10.6 Å². The average molecular weight is 216 g/mol. The highest BCUT2D eigenvalue weighted by Gasteiger charge is 1.97. The van der Waals surface area contributed by atoms with Crippen LogP contribution in [0.15, 0.2) is 30.3 Å². The topological polar surface area (TPSA) is 41.1 Å². The van der Waals surface area contributed by atoms with Gasteiger partial charge in [-0.2, -0.15) is 0 Å². The molecule has 0 aromatic heterocycles. The van der Waals surface area contributed by atoms with E-state index >= 15 is 0 Å². The monoisotopic (exact) mass is 216 g/mol. The number of hydrogen-bond donors (Lipinski definition) is 2. The summed E-state index contributed by atoms with van der Waals surface area (Å²) in [5.41, 5.74) is 1.09. The number of nitrogens with one attached hydrogen (secondary N) is 2. The first-order valence-electron chi connectivity index (χ1n) is 5.28. The number of carbonyl (C=O) groups excluding carboxylic acids is 1. The second kappa shape index (κ2) is 7.36. The SMILES string of the molecule is CC#CCCNC(=O)NCc1ccccc1. The molecule has 2 amide bonds. The first-order valence-corrected chi connectivity index (χ1v) is 5.28. The van der Waals surface area contributed by atoms with E-state index in [1.165, 1.54) is 0 Å². The third kappa shape index (κ3) is 5.06. The molecule has 0 fully saturated rings. The summed E-state index contributed by atoms with van der Waals surface area (Å²) in [6, 6.07) is 9.65. The summed E-state index contributed by atoms with van der Waals surface area (Å²) in [4.78, 5) is 11.3. The van der Waals surface area contributed by atoms with E-state index < -0.39 is 0 Å². The van der Waals surface area contributed by atoms with Gasteiger partial charge in [0.1, 0.15) is 0 Å². The van der Waals surface area contributed by atoms with E-state index in [9.17, 15) is 4.79 Å². The first kappa shape index (κ1) is 12.1. The molecule has 84 valence electrons. The fraction of sp³-hybridized carbons (Fsp3) is 0.308. The van der Waals surface area contributed by atoms with E-state index in [4.69, 9.17) is 0 Å². The van der Waals surface area contributed by atoms with Crippen molar-refractivity contribution in [2.45, 2.75) is 19.9 Å². The molecule has 0 radical (unpaired) electrons. The minimum atomic E-state index is -0.151. The number of urea groups is 1. The summed E-state index contributed by atoms with van der Waals surface area (Å²) in [6.45, 7) is 2.92. The Balaban J connectivity index is 2.17. The molecule has 0 bridgehead atoms. The van der Waals surface area contributed by atoms with Crippen LogP contribution in [0.4, 0.5) is 4.79 Å². The van der Waals surface area contributed by atoms with Gasteiger partial charge in [-0.25, -0.2) is 4.79 Å². The fourth-order valence-corrected chi connectivity index (χ4v) is 1.20. The Kier molecular flexibility index (Phi) is 5.57. The summed E-state index contributed by atoms with van der Waals surface area (Å²) in [5, 5.41) is 5.51. The lowest BCUT2D eigenvalue weighted by Crippen LogP contribution is -2.35. The molecule has 3 nitrogen and oxygen atoms in total. The number of rotatable bonds is 4. The van der Waals surface area contributed by atoms with Gasteiger partial charge in [-0.1, -0.05) is 30.3 Å². The maximum Gasteiger partial charge on any atom is 0.315 e. The number of amides is 2. The molecule has 0 heterocycles. The van der Waals surface area contributed by atoms with Crippen molar-refractivity contribution in [2.75, 3.05) is 6.54 Å². The van der Waals surface area contributed by atoms with Crippen molar-refractivity contribution in [3.63, 3.8) is 0 Å². The fourth-order valence-electron chi connectivity index (χ4n) is 1.20. The Morgan fingerprint density at radius 1 is 1.25 bits per heavy atom. The molecule has 16 heavy (non-hydrogen) atoms. The lowest BCUT2D eigenvalue weighted by molar-refractivity contribution is 0.241. The van der Waals surface area contributed by atoms with Gasteiger partial charge in [-0.05, 0) is 12.5 Å². The second-order valence-corrected chi connectivity index (χ2v) is 3.27. The molecule has 1 aromatic rings. The molecule has 2 N–H and O–H groups in total. The zero-order valence-corrected chi connectivity index (χ0v) is 9.42. The van der Waals surface area contributed by atoms with E-state index in [1.807, 2.05) is 30.3 Å². The average Bonchev–Trinajstić information content (AvgIpc) is 2.33. The standard InChI is InChI=1S/C13H16N2O/c1-2-3-7-10-14-13(16)15-11-12-8-5-4-6-9-12/h4-6,8-9H,7,10-11H2,1H3,(H2,14,15,16). The van der Waals surface area contributed by atoms with Crippen LogP contribution in [-0.2, 0) is 6.54 Å². The highest BCUT2D eigenvalue weighted by Crippen LogP contribution is 1.96. The third-order valence-electron chi connectivity index (χ3n) is 2.01. The Labute approximate surface area is 96.2 Å². The number of hydrogen-bond acceptors (Lipinski definition) is 1. The van der Waals surface area contributed by atoms with Gasteiger partial charge in [-0.15, -0.1) is 11.8 Å². The Hall–Kier alpha value is -1.95. The minimum Gasteiger partial charge on any atom is -0.337 e. The summed E-state index contributed by atoms with van der Waals surface area (Å²) in [7, 11) is 0. The van der Waals surface area contributed by atoms with Gasteiger partial charge in [0.2, 0.25) is 0 Å². The normalized spacial score (nSPS) is 8.81. The van der Waals surface area contributed by atoms with Crippen LogP contribution in [0, 0.1) is 11.8 Å². The molecule has 0 aliphatic carbocycles. The van der Waals surface area contributed by atoms with Crippen molar-refractivity contribution in [3.05, 3.63) is 35.9 Å². The molecule has 1 aromatic carbocycles. The van der Waals surface area contributed by atoms with E-state index in [1.54, 1.807) is 6.92 Å². The summed E-state index contributed by atoms with van der Waals surface area (Å²) < 4.78 is 0. The molecule has 0 aliphatic rings. The predicted molar refractivity (Wildman–Crippen MR) is 64.7 cm³/mol. The van der Waals surface area contributed by atoms with E-state index in [0.717, 1.165) is 5.56 Å². The highest BCUT2D eigenvalue weighted by molar-refractivity contribution is 5.73. The van der Waals surface area contributed by atoms with Gasteiger partial charge in [0.05, 0.1) is 0 Å². The van der Waals surface area contributed by atoms with Crippen molar-refractivity contribution in [1.82, 2.24) is 10.6 Å². The Bertz CT molecular complexity index is 376. The molecule has 3 heteroatoms. The molecule has 0 saturated heterocycles. The van der Waals surface area contributed by atoms with Crippen molar-refractivity contribution < 1.29 is 4.79 Å². The summed E-state index contributed by atoms with van der Waals surface area (Å²) in [6.07, 6.45) is 0.690. The van der Waals surface area contributed by atoms with E-state index in [2.05, 4.69) is 22.5 Å². The number of benzene rings is 1. The molecule has 0 saturated carbocycles. The van der Waals surface area contributed by atoms with Crippen LogP contribution >= 0.6 is 0 Å². The van der Waals surface area contributed by atoms with Crippen LogP contribution in [0.3, 0.4) is 0 Å². The lowest BCUT2D eigenvalue weighted by Gasteiger charge is -2.05. The van der Waals surface area contributed by atoms with Crippen molar-refractivity contribution >= 4 is 6.03 Å². The smallest absolute Gasteiger partial charge is 0.315 e. The van der Waals surface area contributed by atoms with Crippen LogP contribution in [0.1, 0.15) is 18.9 Å². The molecule has 0 spiro atoms. The molecular formula is C13H16N2O. The first-order chi connectivity index (χ1) is 7.83. The Morgan fingerprint density at radius 2 is 2.00 bits per heavy atom. The van der Waals surface area contributed by atoms with E-state index in [0.29, 0.717) is 19.5 Å². The van der Waals surface area contributed by atoms with E-state index in [-0.39, 0.29) is 6.03 Å². The molecule has 0 unspecified atom stereocenters. The van der Waals surface area contributed by atoms with Gasteiger partial charge >= 0.3 is 6.03 Å². The zero-order chi connectivity index (χ0) is 11.6. The Morgan fingerprint density at radius 3 is 2.69 bits per heavy atom. The second-order valence-electron chi connectivity index (χ2n) is 3.27. The van der Waals surface area contributed by atoms with Crippen molar-refractivity contribution in [1.29, 1.82) is 0 Å². The zero-order valence-electron chi connectivity index (χ0n) is 9.42. The van der Waals surface area contributed by atoms with Crippen molar-refractivity contribution in [3.8, 4) is 11.8 Å². The van der Waals surface area contributed by atoms with Crippen LogP contribution in [0.5, 0.6) is 0 Å². The van der Waals surface area contributed by atoms with Crippen LogP contribution in [0.25, 0.3) is 0 Å². The van der Waals surface area contributed by atoms with Crippen LogP contribution in [0.2, 0.25) is 0 Å². The van der Waals surface area contributed by atoms with Gasteiger partial charge in [0.15, 0.2) is 0 Å². The van der Waals surface area contributed by atoms with Crippen LogP contribution < -0.4 is 10.6 Å². The molecule has 0 atom stereocenters. The predicted octanol–water partition coefficient (Wildman–Crippen LogP) is 1.90. The van der Waals surface area contributed by atoms with Gasteiger partial charge in [0, 0.05) is 19.5 Å². The minimum absolute atomic E-state index is 0.151. The summed E-state index contributed by atoms with van der Waals surface area (Å²) in [5.74, 6) is 5.66.